The first kappa shape index (κ1) is 28.3. The fraction of sp³-hybridized carbons (Fsp3) is 0.500. The number of pyridine rings is 1. The third kappa shape index (κ3) is 6.72. The molecule has 1 unspecified atom stereocenters. The lowest BCUT2D eigenvalue weighted by atomic mass is 9.94. The highest BCUT2D eigenvalue weighted by Crippen LogP contribution is 2.35. The third-order valence-corrected chi connectivity index (χ3v) is 7.53. The van der Waals surface area contributed by atoms with Gasteiger partial charge in [-0.25, -0.2) is 23.7 Å². The molecule has 1 N–H and O–H groups in total. The lowest BCUT2D eigenvalue weighted by Gasteiger charge is -2.37. The quantitative estimate of drug-likeness (QED) is 0.263. The zero-order valence-corrected chi connectivity index (χ0v) is 21.8. The molecule has 12 heteroatoms. The van der Waals surface area contributed by atoms with E-state index in [-0.39, 0.29) is 50.6 Å². The smallest absolute Gasteiger partial charge is 0.381 e. The molecule has 2 aromatic heterocycles. The molecular formula is C28H30F5N5O2. The Balaban J connectivity index is 1.33. The van der Waals surface area contributed by atoms with Crippen LogP contribution in [0.25, 0.3) is 10.9 Å². The van der Waals surface area contributed by atoms with Crippen LogP contribution in [0.2, 0.25) is 0 Å². The van der Waals surface area contributed by atoms with Crippen LogP contribution in [0.5, 0.6) is 0 Å². The molecule has 0 radical (unpaired) electrons. The number of aromatic nitrogens is 3. The van der Waals surface area contributed by atoms with Crippen molar-refractivity contribution in [2.75, 3.05) is 31.6 Å². The SMILES string of the molecule is O=C(CCC(c1cnc(C(F)(F)F)nc1)N1CCC(F)(F)CC1)c1cccc2nc(NC3CCOCC3)ccc12. The predicted molar refractivity (Wildman–Crippen MR) is 138 cm³/mol. The van der Waals surface area contributed by atoms with Crippen LogP contribution in [0.4, 0.5) is 27.8 Å². The van der Waals surface area contributed by atoms with Gasteiger partial charge >= 0.3 is 6.18 Å². The number of nitrogens with one attached hydrogen (secondary N) is 1. The number of likely N-dealkylation sites (tertiary alicyclic amines) is 1. The van der Waals surface area contributed by atoms with E-state index in [9.17, 15) is 26.7 Å². The van der Waals surface area contributed by atoms with Crippen molar-refractivity contribution in [3.05, 3.63) is 59.7 Å². The number of fused-ring (bicyclic) bond motifs is 1. The van der Waals surface area contributed by atoms with Gasteiger partial charge in [0.1, 0.15) is 5.82 Å². The number of ether oxygens (including phenoxy) is 1. The summed E-state index contributed by atoms with van der Waals surface area (Å²) in [5.74, 6) is -3.52. The van der Waals surface area contributed by atoms with Gasteiger partial charge in [-0.3, -0.25) is 9.69 Å². The second-order valence-electron chi connectivity index (χ2n) is 10.3. The number of rotatable bonds is 8. The maximum Gasteiger partial charge on any atom is 0.451 e. The van der Waals surface area contributed by atoms with Gasteiger partial charge in [0.05, 0.1) is 5.52 Å². The molecule has 0 amide bonds. The van der Waals surface area contributed by atoms with Crippen molar-refractivity contribution < 1.29 is 31.5 Å². The van der Waals surface area contributed by atoms with Crippen molar-refractivity contribution in [3.63, 3.8) is 0 Å². The summed E-state index contributed by atoms with van der Waals surface area (Å²) in [7, 11) is 0. The number of Topliss-reactive ketones (excluding diaryl/α,β-unsaturated/α-hetero) is 1. The zero-order valence-electron chi connectivity index (χ0n) is 21.8. The Bertz CT molecular complexity index is 1320. The van der Waals surface area contributed by atoms with Crippen molar-refractivity contribution in [2.45, 2.75) is 62.7 Å². The van der Waals surface area contributed by atoms with Gasteiger partial charge < -0.3 is 10.1 Å². The van der Waals surface area contributed by atoms with Crippen LogP contribution in [-0.4, -0.2) is 63.9 Å². The van der Waals surface area contributed by atoms with Crippen molar-refractivity contribution in [1.82, 2.24) is 19.9 Å². The summed E-state index contributed by atoms with van der Waals surface area (Å²) in [6.45, 7) is 1.49. The molecule has 2 saturated heterocycles. The topological polar surface area (TPSA) is 80.2 Å². The van der Waals surface area contributed by atoms with Gasteiger partial charge in [0.2, 0.25) is 5.82 Å². The number of nitrogens with zero attached hydrogens (tertiary/aromatic N) is 4. The van der Waals surface area contributed by atoms with Crippen LogP contribution in [0.1, 0.15) is 66.3 Å². The summed E-state index contributed by atoms with van der Waals surface area (Å²) in [4.78, 5) is 26.8. The van der Waals surface area contributed by atoms with Crippen LogP contribution in [-0.2, 0) is 10.9 Å². The minimum absolute atomic E-state index is 0.0496. The van der Waals surface area contributed by atoms with Gasteiger partial charge in [0.15, 0.2) is 5.78 Å². The number of anilines is 1. The number of benzene rings is 1. The van der Waals surface area contributed by atoms with Gasteiger partial charge in [-0.15, -0.1) is 0 Å². The van der Waals surface area contributed by atoms with E-state index in [1.165, 1.54) is 0 Å². The van der Waals surface area contributed by atoms with Gasteiger partial charge in [-0.2, -0.15) is 13.2 Å². The number of carbonyl (C=O) groups excluding carboxylic acids is 1. The monoisotopic (exact) mass is 563 g/mol. The van der Waals surface area contributed by atoms with E-state index in [0.717, 1.165) is 25.2 Å². The Labute approximate surface area is 228 Å². The van der Waals surface area contributed by atoms with Gasteiger partial charge in [-0.1, -0.05) is 12.1 Å². The summed E-state index contributed by atoms with van der Waals surface area (Å²) < 4.78 is 72.0. The Hall–Kier alpha value is -3.25. The number of halogens is 5. The third-order valence-electron chi connectivity index (χ3n) is 7.53. The molecule has 40 heavy (non-hydrogen) atoms. The second kappa shape index (κ2) is 11.7. The highest BCUT2D eigenvalue weighted by atomic mass is 19.4. The molecule has 2 aliphatic heterocycles. The molecule has 0 saturated carbocycles. The zero-order chi connectivity index (χ0) is 28.3. The largest absolute Gasteiger partial charge is 0.451 e. The number of ketones is 1. The maximum atomic E-state index is 13.8. The van der Waals surface area contributed by atoms with Gasteiger partial charge in [-0.05, 0) is 37.5 Å². The molecule has 3 aromatic rings. The first-order valence-electron chi connectivity index (χ1n) is 13.4. The van der Waals surface area contributed by atoms with Crippen LogP contribution < -0.4 is 5.32 Å². The van der Waals surface area contributed by atoms with Crippen molar-refractivity contribution in [2.24, 2.45) is 0 Å². The lowest BCUT2D eigenvalue weighted by Crippen LogP contribution is -2.41. The Morgan fingerprint density at radius 2 is 1.77 bits per heavy atom. The standard InChI is InChI=1S/C28H30F5N5O2/c29-27(30)10-12-38(13-11-27)23(18-16-34-26(35-17-18)28(31,32)33)5-6-24(39)21-2-1-3-22-20(21)4-7-25(37-22)36-19-8-14-40-15-9-19/h1-4,7,16-17,19,23H,5-6,8-15H2,(H,36,37). The summed E-state index contributed by atoms with van der Waals surface area (Å²) in [6.07, 6.45) is -1.22. The van der Waals surface area contributed by atoms with Gasteiger partial charge in [0.25, 0.3) is 5.92 Å². The Morgan fingerprint density at radius 1 is 1.07 bits per heavy atom. The Kier molecular flexibility index (Phi) is 8.27. The normalized spacial score (nSPS) is 19.4. The minimum Gasteiger partial charge on any atom is -0.381 e. The van der Waals surface area contributed by atoms with Crippen LogP contribution >= 0.6 is 0 Å². The van der Waals surface area contributed by atoms with Gasteiger partial charge in [0, 0.05) is 86.6 Å². The highest BCUT2D eigenvalue weighted by molar-refractivity contribution is 6.07. The van der Waals surface area contributed by atoms with Crippen molar-refractivity contribution >= 4 is 22.5 Å². The summed E-state index contributed by atoms with van der Waals surface area (Å²) in [5.41, 5.74) is 1.50. The first-order valence-corrected chi connectivity index (χ1v) is 13.4. The van der Waals surface area contributed by atoms with Crippen LogP contribution in [0.15, 0.2) is 42.7 Å². The maximum absolute atomic E-state index is 13.8. The summed E-state index contributed by atoms with van der Waals surface area (Å²) >= 11 is 0. The molecule has 0 spiro atoms. The molecule has 7 nitrogen and oxygen atoms in total. The van der Waals surface area contributed by atoms with E-state index in [2.05, 4.69) is 20.3 Å². The number of alkyl halides is 5. The van der Waals surface area contributed by atoms with Crippen LogP contribution in [0, 0.1) is 0 Å². The molecular weight excluding hydrogens is 533 g/mol. The number of hydrogen-bond donors (Lipinski definition) is 1. The summed E-state index contributed by atoms with van der Waals surface area (Å²) in [6, 6.07) is 8.69. The Morgan fingerprint density at radius 3 is 2.45 bits per heavy atom. The average molecular weight is 564 g/mol. The number of piperidine rings is 1. The van der Waals surface area contributed by atoms with E-state index >= 15 is 0 Å². The minimum atomic E-state index is -4.69. The van der Waals surface area contributed by atoms with Crippen molar-refractivity contribution in [1.29, 1.82) is 0 Å². The van der Waals surface area contributed by atoms with E-state index < -0.39 is 24.0 Å². The molecule has 4 heterocycles. The number of carbonyl (C=O) groups is 1. The van der Waals surface area contributed by atoms with E-state index in [1.807, 2.05) is 18.2 Å². The molecule has 1 aromatic carbocycles. The lowest BCUT2D eigenvalue weighted by molar-refractivity contribution is -0.145. The molecule has 2 aliphatic rings. The molecule has 2 fully saturated rings. The average Bonchev–Trinajstić information content (AvgIpc) is 2.93. The second-order valence-corrected chi connectivity index (χ2v) is 10.3. The predicted octanol–water partition coefficient (Wildman–Crippen LogP) is 6.07. The fourth-order valence-electron chi connectivity index (χ4n) is 5.31. The van der Waals surface area contributed by atoms with Crippen molar-refractivity contribution in [3.8, 4) is 0 Å². The van der Waals surface area contributed by atoms with E-state index in [4.69, 9.17) is 4.74 Å². The first-order chi connectivity index (χ1) is 19.1. The van der Waals surface area contributed by atoms with E-state index in [0.29, 0.717) is 41.1 Å². The molecule has 5 rings (SSSR count). The van der Waals surface area contributed by atoms with Crippen LogP contribution in [0.3, 0.4) is 0 Å². The number of hydrogen-bond acceptors (Lipinski definition) is 7. The highest BCUT2D eigenvalue weighted by Gasteiger charge is 2.38. The molecule has 0 bridgehead atoms. The molecule has 0 aliphatic carbocycles. The molecule has 1 atom stereocenters. The summed E-state index contributed by atoms with van der Waals surface area (Å²) in [5, 5.41) is 4.11. The van der Waals surface area contributed by atoms with E-state index in [1.54, 1.807) is 17.0 Å². The fourth-order valence-corrected chi connectivity index (χ4v) is 5.31. The molecule has 214 valence electrons.